The number of nitrogens with one attached hydrogen (secondary N) is 1. The fourth-order valence-electron chi connectivity index (χ4n) is 1.57. The smallest absolute Gasteiger partial charge is 0.241 e. The average molecular weight is 337 g/mol. The number of methoxy groups -OCH3 is 1. The van der Waals surface area contributed by atoms with Gasteiger partial charge in [-0.25, -0.2) is 13.1 Å². The molecular weight excluding hydrogens is 320 g/mol. The molecule has 0 amide bonds. The molecule has 3 N–H and O–H groups in total. The zero-order valence-electron chi connectivity index (χ0n) is 10.5. The monoisotopic (exact) mass is 336 g/mol. The van der Waals surface area contributed by atoms with Gasteiger partial charge in [0.05, 0.1) is 11.5 Å². The number of hydrogen-bond donors (Lipinski definition) is 2. The molecule has 7 heteroatoms. The van der Waals surface area contributed by atoms with Gasteiger partial charge < -0.3 is 10.5 Å². The second-order valence-electron chi connectivity index (χ2n) is 4.10. The van der Waals surface area contributed by atoms with E-state index in [1.54, 1.807) is 19.9 Å². The van der Waals surface area contributed by atoms with E-state index in [0.717, 1.165) is 0 Å². The summed E-state index contributed by atoms with van der Waals surface area (Å²) < 4.78 is 32.5. The summed E-state index contributed by atoms with van der Waals surface area (Å²) in [6.45, 7) is 3.72. The van der Waals surface area contributed by atoms with Crippen LogP contribution in [0.25, 0.3) is 0 Å². The van der Waals surface area contributed by atoms with Gasteiger partial charge in [-0.2, -0.15) is 0 Å². The van der Waals surface area contributed by atoms with E-state index in [1.807, 2.05) is 0 Å². The Bertz CT molecular complexity index is 531. The van der Waals surface area contributed by atoms with Crippen LogP contribution < -0.4 is 10.5 Å². The Morgan fingerprint density at radius 2 is 2.11 bits per heavy atom. The minimum Gasteiger partial charge on any atom is -0.398 e. The average Bonchev–Trinajstić information content (AvgIpc) is 2.22. The molecule has 1 rings (SSSR count). The molecule has 0 saturated carbocycles. The lowest BCUT2D eigenvalue weighted by atomic mass is 10.2. The van der Waals surface area contributed by atoms with Gasteiger partial charge in [0.1, 0.15) is 0 Å². The lowest BCUT2D eigenvalue weighted by Gasteiger charge is -2.15. The van der Waals surface area contributed by atoms with Crippen LogP contribution in [0, 0.1) is 6.92 Å². The number of halogens is 1. The summed E-state index contributed by atoms with van der Waals surface area (Å²) in [5.74, 6) is 0. The predicted octanol–water partition coefficient (Wildman–Crippen LogP) is 1.65. The quantitative estimate of drug-likeness (QED) is 0.801. The molecule has 0 aliphatic carbocycles. The molecular formula is C11H17BrN2O3S. The van der Waals surface area contributed by atoms with Crippen molar-refractivity contribution in [2.24, 2.45) is 0 Å². The van der Waals surface area contributed by atoms with Gasteiger partial charge in [0, 0.05) is 23.3 Å². The van der Waals surface area contributed by atoms with E-state index in [-0.39, 0.29) is 10.9 Å². The van der Waals surface area contributed by atoms with Crippen molar-refractivity contribution >= 4 is 31.6 Å². The number of anilines is 1. The Labute approximate surface area is 116 Å². The van der Waals surface area contributed by atoms with Crippen molar-refractivity contribution in [1.29, 1.82) is 0 Å². The molecule has 0 fully saturated rings. The minimum absolute atomic E-state index is 0.178. The summed E-state index contributed by atoms with van der Waals surface area (Å²) in [6.07, 6.45) is 0. The van der Waals surface area contributed by atoms with Crippen molar-refractivity contribution < 1.29 is 13.2 Å². The van der Waals surface area contributed by atoms with E-state index in [2.05, 4.69) is 20.7 Å². The highest BCUT2D eigenvalue weighted by atomic mass is 79.9. The van der Waals surface area contributed by atoms with Crippen LogP contribution in [0.4, 0.5) is 5.69 Å². The first-order valence-electron chi connectivity index (χ1n) is 5.35. The summed E-state index contributed by atoms with van der Waals surface area (Å²) in [5.41, 5.74) is 6.73. The molecule has 1 aromatic carbocycles. The van der Waals surface area contributed by atoms with Crippen LogP contribution in [0.3, 0.4) is 0 Å². The molecule has 0 spiro atoms. The lowest BCUT2D eigenvalue weighted by Crippen LogP contribution is -2.36. The highest BCUT2D eigenvalue weighted by Gasteiger charge is 2.21. The second-order valence-corrected chi connectivity index (χ2v) is 6.69. The normalized spacial score (nSPS) is 13.6. The molecule has 1 aromatic rings. The molecule has 102 valence electrons. The zero-order valence-corrected chi connectivity index (χ0v) is 12.9. The first-order valence-corrected chi connectivity index (χ1v) is 7.62. The van der Waals surface area contributed by atoms with Crippen molar-refractivity contribution in [3.8, 4) is 0 Å². The van der Waals surface area contributed by atoms with E-state index < -0.39 is 10.0 Å². The molecule has 18 heavy (non-hydrogen) atoms. The van der Waals surface area contributed by atoms with Crippen LogP contribution in [0.2, 0.25) is 0 Å². The molecule has 0 aromatic heterocycles. The van der Waals surface area contributed by atoms with E-state index in [0.29, 0.717) is 22.3 Å². The van der Waals surface area contributed by atoms with Crippen LogP contribution in [-0.4, -0.2) is 28.2 Å². The highest BCUT2D eigenvalue weighted by Crippen LogP contribution is 2.26. The maximum atomic E-state index is 12.2. The van der Waals surface area contributed by atoms with Crippen molar-refractivity contribution in [1.82, 2.24) is 4.72 Å². The highest BCUT2D eigenvalue weighted by molar-refractivity contribution is 9.10. The zero-order chi connectivity index (χ0) is 13.9. The summed E-state index contributed by atoms with van der Waals surface area (Å²) in [4.78, 5) is 0.178. The van der Waals surface area contributed by atoms with E-state index in [1.165, 1.54) is 13.2 Å². The summed E-state index contributed by atoms with van der Waals surface area (Å²) in [6, 6.07) is 2.90. The van der Waals surface area contributed by atoms with Crippen molar-refractivity contribution in [3.05, 3.63) is 22.2 Å². The number of sulfonamides is 1. The Morgan fingerprint density at radius 3 is 2.67 bits per heavy atom. The van der Waals surface area contributed by atoms with Gasteiger partial charge >= 0.3 is 0 Å². The van der Waals surface area contributed by atoms with Crippen LogP contribution in [0.5, 0.6) is 0 Å². The van der Waals surface area contributed by atoms with Gasteiger partial charge in [0.15, 0.2) is 0 Å². The number of hydrogen-bond acceptors (Lipinski definition) is 4. The SMILES string of the molecule is COCC(C)NS(=O)(=O)c1cc(Br)cc(N)c1C. The summed E-state index contributed by atoms with van der Waals surface area (Å²) in [5, 5.41) is 0. The second kappa shape index (κ2) is 6.01. The largest absolute Gasteiger partial charge is 0.398 e. The lowest BCUT2D eigenvalue weighted by molar-refractivity contribution is 0.180. The molecule has 0 heterocycles. The van der Waals surface area contributed by atoms with Crippen molar-refractivity contribution in [2.75, 3.05) is 19.5 Å². The van der Waals surface area contributed by atoms with Crippen molar-refractivity contribution in [2.45, 2.75) is 24.8 Å². The van der Waals surface area contributed by atoms with Gasteiger partial charge in [-0.1, -0.05) is 15.9 Å². The molecule has 1 atom stereocenters. The molecule has 0 radical (unpaired) electrons. The van der Waals surface area contributed by atoms with Gasteiger partial charge in [-0.3, -0.25) is 0 Å². The molecule has 0 aliphatic rings. The van der Waals surface area contributed by atoms with E-state index in [9.17, 15) is 8.42 Å². The standard InChI is InChI=1S/C11H17BrN2O3S/c1-7(6-17-3)14-18(15,16)11-5-9(12)4-10(13)8(11)2/h4-5,7,14H,6,13H2,1-3H3. The number of rotatable bonds is 5. The summed E-state index contributed by atoms with van der Waals surface area (Å²) in [7, 11) is -2.08. The third-order valence-electron chi connectivity index (χ3n) is 2.43. The van der Waals surface area contributed by atoms with Gasteiger partial charge in [0.2, 0.25) is 10.0 Å². The third-order valence-corrected chi connectivity index (χ3v) is 4.60. The Morgan fingerprint density at radius 1 is 1.50 bits per heavy atom. The third kappa shape index (κ3) is 3.68. The first kappa shape index (κ1) is 15.4. The number of benzene rings is 1. The van der Waals surface area contributed by atoms with Crippen LogP contribution in [0.1, 0.15) is 12.5 Å². The fourth-order valence-corrected chi connectivity index (χ4v) is 3.72. The number of nitrogen functional groups attached to an aromatic ring is 1. The van der Waals surface area contributed by atoms with Crippen LogP contribution in [0.15, 0.2) is 21.5 Å². The maximum absolute atomic E-state index is 12.2. The molecule has 0 saturated heterocycles. The molecule has 1 unspecified atom stereocenters. The minimum atomic E-state index is -3.60. The summed E-state index contributed by atoms with van der Waals surface area (Å²) >= 11 is 3.24. The molecule has 0 aliphatic heterocycles. The predicted molar refractivity (Wildman–Crippen MR) is 75.0 cm³/mol. The van der Waals surface area contributed by atoms with Gasteiger partial charge in [0.25, 0.3) is 0 Å². The van der Waals surface area contributed by atoms with Gasteiger partial charge in [-0.15, -0.1) is 0 Å². The number of ether oxygens (including phenoxy) is 1. The Hall–Kier alpha value is -0.630. The number of nitrogens with two attached hydrogens (primary N) is 1. The topological polar surface area (TPSA) is 81.4 Å². The van der Waals surface area contributed by atoms with E-state index in [4.69, 9.17) is 10.5 Å². The Kier molecular flexibility index (Phi) is 5.15. The Balaban J connectivity index is 3.13. The molecule has 5 nitrogen and oxygen atoms in total. The first-order chi connectivity index (χ1) is 8.27. The van der Waals surface area contributed by atoms with Crippen LogP contribution in [-0.2, 0) is 14.8 Å². The maximum Gasteiger partial charge on any atom is 0.241 e. The molecule has 0 bridgehead atoms. The van der Waals surface area contributed by atoms with Crippen molar-refractivity contribution in [3.63, 3.8) is 0 Å². The van der Waals surface area contributed by atoms with Gasteiger partial charge in [-0.05, 0) is 31.5 Å². The van der Waals surface area contributed by atoms with E-state index >= 15 is 0 Å². The fraction of sp³-hybridized carbons (Fsp3) is 0.455. The van der Waals surface area contributed by atoms with Crippen LogP contribution >= 0.6 is 15.9 Å².